The molecule has 8 nitrogen and oxygen atoms in total. The van der Waals surface area contributed by atoms with Crippen molar-refractivity contribution in [3.8, 4) is 0 Å². The Labute approximate surface area is 177 Å². The molecule has 1 fully saturated rings. The zero-order chi connectivity index (χ0) is 21.3. The number of aromatic nitrogens is 4. The third kappa shape index (κ3) is 4.33. The van der Waals surface area contributed by atoms with Gasteiger partial charge in [-0.3, -0.25) is 0 Å². The monoisotopic (exact) mass is 408 g/mol. The van der Waals surface area contributed by atoms with Crippen LogP contribution < -0.4 is 16.4 Å². The summed E-state index contributed by atoms with van der Waals surface area (Å²) in [5, 5.41) is 6.97. The molecule has 4 N–H and O–H groups in total. The second kappa shape index (κ2) is 8.47. The summed E-state index contributed by atoms with van der Waals surface area (Å²) in [4.78, 5) is 16.5. The molecule has 0 amide bonds. The summed E-state index contributed by atoms with van der Waals surface area (Å²) < 4.78 is 2.08. The van der Waals surface area contributed by atoms with Crippen molar-refractivity contribution in [3.05, 3.63) is 30.6 Å². The van der Waals surface area contributed by atoms with Crippen molar-refractivity contribution in [2.45, 2.75) is 57.7 Å². The summed E-state index contributed by atoms with van der Waals surface area (Å²) in [5.74, 6) is 1.33. The van der Waals surface area contributed by atoms with Crippen LogP contribution in [-0.2, 0) is 0 Å². The SMILES string of the molecule is CC(C)n1cnc2c(Nc3cccc(N)c3)nc(NC3CCC(N(C)C)CC3)nc21. The maximum absolute atomic E-state index is 5.95. The lowest BCUT2D eigenvalue weighted by Crippen LogP contribution is -2.36. The van der Waals surface area contributed by atoms with Crippen LogP contribution in [0.1, 0.15) is 45.6 Å². The molecule has 0 atom stereocenters. The lowest BCUT2D eigenvalue weighted by atomic mass is 9.91. The van der Waals surface area contributed by atoms with Crippen LogP contribution in [0, 0.1) is 0 Å². The molecule has 4 rings (SSSR count). The predicted octanol–water partition coefficient (Wildman–Crippen LogP) is 4.02. The van der Waals surface area contributed by atoms with E-state index in [0.717, 1.165) is 29.7 Å². The summed E-state index contributed by atoms with van der Waals surface area (Å²) in [5.41, 5.74) is 9.12. The van der Waals surface area contributed by atoms with Crippen LogP contribution in [0.25, 0.3) is 11.2 Å². The van der Waals surface area contributed by atoms with Gasteiger partial charge in [-0.2, -0.15) is 9.97 Å². The van der Waals surface area contributed by atoms with E-state index in [1.54, 1.807) is 0 Å². The minimum Gasteiger partial charge on any atom is -0.399 e. The molecule has 2 heterocycles. The number of imidazole rings is 1. The Morgan fingerprint density at radius 1 is 1.13 bits per heavy atom. The van der Waals surface area contributed by atoms with Crippen LogP contribution in [0.15, 0.2) is 30.6 Å². The van der Waals surface area contributed by atoms with Crippen LogP contribution in [0.2, 0.25) is 0 Å². The molecule has 160 valence electrons. The summed E-state index contributed by atoms with van der Waals surface area (Å²) in [7, 11) is 4.33. The molecule has 0 unspecified atom stereocenters. The standard InChI is InChI=1S/C22H32N8/c1-14(2)30-13-24-19-20(25-17-7-5-6-15(23)12-17)27-22(28-21(19)30)26-16-8-10-18(11-9-16)29(3)4/h5-7,12-14,16,18H,8-11,23H2,1-4H3,(H2,25,26,27,28). The number of benzene rings is 1. The van der Waals surface area contributed by atoms with E-state index in [2.05, 4.69) is 53.0 Å². The molecule has 0 saturated heterocycles. The van der Waals surface area contributed by atoms with Crippen molar-refractivity contribution in [2.24, 2.45) is 0 Å². The number of hydrogen-bond acceptors (Lipinski definition) is 7. The minimum absolute atomic E-state index is 0.258. The third-order valence-corrected chi connectivity index (χ3v) is 5.89. The summed E-state index contributed by atoms with van der Waals surface area (Å²) in [6.07, 6.45) is 6.44. The van der Waals surface area contributed by atoms with Gasteiger partial charge in [-0.05, 0) is 71.8 Å². The molecule has 0 bridgehead atoms. The van der Waals surface area contributed by atoms with Gasteiger partial charge in [0.25, 0.3) is 0 Å². The first-order chi connectivity index (χ1) is 14.4. The number of nitrogens with zero attached hydrogens (tertiary/aromatic N) is 5. The molecular formula is C22H32N8. The Hall–Kier alpha value is -2.87. The molecule has 30 heavy (non-hydrogen) atoms. The first kappa shape index (κ1) is 20.4. The van der Waals surface area contributed by atoms with Crippen molar-refractivity contribution >= 4 is 34.3 Å². The van der Waals surface area contributed by atoms with Gasteiger partial charge in [-0.1, -0.05) is 6.07 Å². The molecule has 1 saturated carbocycles. The molecule has 0 aliphatic heterocycles. The molecule has 1 aliphatic carbocycles. The highest BCUT2D eigenvalue weighted by Gasteiger charge is 2.24. The number of hydrogen-bond donors (Lipinski definition) is 3. The van der Waals surface area contributed by atoms with E-state index in [1.165, 1.54) is 12.8 Å². The van der Waals surface area contributed by atoms with Crippen molar-refractivity contribution in [1.82, 2.24) is 24.4 Å². The number of nitrogens with two attached hydrogens (primary N) is 1. The van der Waals surface area contributed by atoms with E-state index in [1.807, 2.05) is 30.6 Å². The van der Waals surface area contributed by atoms with Gasteiger partial charge in [0, 0.05) is 29.5 Å². The molecule has 8 heteroatoms. The zero-order valence-corrected chi connectivity index (χ0v) is 18.3. The van der Waals surface area contributed by atoms with Gasteiger partial charge < -0.3 is 25.8 Å². The topological polar surface area (TPSA) is 96.9 Å². The fraction of sp³-hybridized carbons (Fsp3) is 0.500. The normalized spacial score (nSPS) is 19.5. The van der Waals surface area contributed by atoms with Gasteiger partial charge in [0.05, 0.1) is 6.33 Å². The minimum atomic E-state index is 0.258. The van der Waals surface area contributed by atoms with Gasteiger partial charge in [-0.25, -0.2) is 4.98 Å². The highest BCUT2D eigenvalue weighted by atomic mass is 15.2. The first-order valence-electron chi connectivity index (χ1n) is 10.7. The Bertz CT molecular complexity index is 1000. The number of nitrogens with one attached hydrogen (secondary N) is 2. The fourth-order valence-corrected chi connectivity index (χ4v) is 4.12. The lowest BCUT2D eigenvalue weighted by molar-refractivity contribution is 0.221. The van der Waals surface area contributed by atoms with Crippen molar-refractivity contribution < 1.29 is 0 Å². The highest BCUT2D eigenvalue weighted by molar-refractivity contribution is 5.87. The number of anilines is 4. The molecule has 0 radical (unpaired) electrons. The quantitative estimate of drug-likeness (QED) is 0.530. The van der Waals surface area contributed by atoms with Gasteiger partial charge >= 0.3 is 0 Å². The maximum atomic E-state index is 5.95. The molecule has 1 aromatic carbocycles. The number of fused-ring (bicyclic) bond motifs is 1. The van der Waals surface area contributed by atoms with Gasteiger partial charge in [0.2, 0.25) is 5.95 Å². The van der Waals surface area contributed by atoms with Crippen LogP contribution in [0.5, 0.6) is 0 Å². The van der Waals surface area contributed by atoms with Gasteiger partial charge in [0.15, 0.2) is 17.0 Å². The van der Waals surface area contributed by atoms with Gasteiger partial charge in [0.1, 0.15) is 0 Å². The van der Waals surface area contributed by atoms with E-state index in [-0.39, 0.29) is 6.04 Å². The van der Waals surface area contributed by atoms with Crippen LogP contribution in [-0.4, -0.2) is 50.6 Å². The van der Waals surface area contributed by atoms with Crippen LogP contribution in [0.4, 0.5) is 23.1 Å². The van der Waals surface area contributed by atoms with Crippen LogP contribution in [0.3, 0.4) is 0 Å². The summed E-state index contributed by atoms with van der Waals surface area (Å²) in [6.45, 7) is 4.26. The molecule has 3 aromatic rings. The van der Waals surface area contributed by atoms with Crippen molar-refractivity contribution in [1.29, 1.82) is 0 Å². The fourth-order valence-electron chi connectivity index (χ4n) is 4.12. The summed E-state index contributed by atoms with van der Waals surface area (Å²) in [6, 6.07) is 8.95. The van der Waals surface area contributed by atoms with Gasteiger partial charge in [-0.15, -0.1) is 0 Å². The Morgan fingerprint density at radius 3 is 2.57 bits per heavy atom. The van der Waals surface area contributed by atoms with Crippen molar-refractivity contribution in [3.63, 3.8) is 0 Å². The van der Waals surface area contributed by atoms with E-state index in [4.69, 9.17) is 15.7 Å². The van der Waals surface area contributed by atoms with E-state index >= 15 is 0 Å². The van der Waals surface area contributed by atoms with E-state index in [0.29, 0.717) is 29.5 Å². The molecular weight excluding hydrogens is 376 g/mol. The number of nitrogen functional groups attached to an aromatic ring is 1. The molecule has 1 aliphatic rings. The average molecular weight is 409 g/mol. The molecule has 0 spiro atoms. The Balaban J connectivity index is 1.63. The largest absolute Gasteiger partial charge is 0.399 e. The lowest BCUT2D eigenvalue weighted by Gasteiger charge is -2.33. The second-order valence-corrected chi connectivity index (χ2v) is 8.68. The predicted molar refractivity (Wildman–Crippen MR) is 123 cm³/mol. The Kier molecular flexibility index (Phi) is 5.76. The Morgan fingerprint density at radius 2 is 1.90 bits per heavy atom. The average Bonchev–Trinajstić information content (AvgIpc) is 3.13. The van der Waals surface area contributed by atoms with Crippen molar-refractivity contribution in [2.75, 3.05) is 30.5 Å². The number of rotatable bonds is 6. The zero-order valence-electron chi connectivity index (χ0n) is 18.3. The van der Waals surface area contributed by atoms with E-state index < -0.39 is 0 Å². The summed E-state index contributed by atoms with van der Waals surface area (Å²) >= 11 is 0. The highest BCUT2D eigenvalue weighted by Crippen LogP contribution is 2.28. The first-order valence-corrected chi connectivity index (χ1v) is 10.7. The van der Waals surface area contributed by atoms with E-state index in [9.17, 15) is 0 Å². The maximum Gasteiger partial charge on any atom is 0.227 e. The third-order valence-electron chi connectivity index (χ3n) is 5.89. The smallest absolute Gasteiger partial charge is 0.227 e. The molecule has 2 aromatic heterocycles. The van der Waals surface area contributed by atoms with Crippen LogP contribution >= 0.6 is 0 Å². The second-order valence-electron chi connectivity index (χ2n) is 8.68.